The van der Waals surface area contributed by atoms with E-state index in [0.717, 1.165) is 5.76 Å². The maximum atomic E-state index is 12.6. The van der Waals surface area contributed by atoms with E-state index in [4.69, 9.17) is 8.83 Å². The molecule has 2 aromatic heterocycles. The number of hydrogen-bond donors (Lipinski definition) is 1. The maximum Gasteiger partial charge on any atom is 0.252 e. The lowest BCUT2D eigenvalue weighted by molar-refractivity contribution is 0.0935. The van der Waals surface area contributed by atoms with Crippen LogP contribution < -0.4 is 5.32 Å². The van der Waals surface area contributed by atoms with E-state index >= 15 is 0 Å². The van der Waals surface area contributed by atoms with E-state index in [0.29, 0.717) is 28.7 Å². The number of furan rings is 1. The van der Waals surface area contributed by atoms with Crippen LogP contribution in [-0.4, -0.2) is 16.1 Å². The van der Waals surface area contributed by atoms with Crippen molar-refractivity contribution in [1.29, 1.82) is 0 Å². The van der Waals surface area contributed by atoms with Crippen LogP contribution in [0.3, 0.4) is 0 Å². The molecule has 0 bridgehead atoms. The van der Waals surface area contributed by atoms with Gasteiger partial charge in [0.1, 0.15) is 11.5 Å². The molecule has 3 aromatic rings. The summed E-state index contributed by atoms with van der Waals surface area (Å²) in [7, 11) is 0. The maximum absolute atomic E-state index is 12.6. The third-order valence-corrected chi connectivity index (χ3v) is 3.46. The Morgan fingerprint density at radius 3 is 2.52 bits per heavy atom. The third-order valence-electron chi connectivity index (χ3n) is 3.46. The Morgan fingerprint density at radius 2 is 1.87 bits per heavy atom. The van der Waals surface area contributed by atoms with Crippen LogP contribution in [0.15, 0.2) is 45.2 Å². The van der Waals surface area contributed by atoms with Crippen molar-refractivity contribution in [1.82, 2.24) is 15.5 Å². The molecule has 0 saturated carbocycles. The minimum Gasteiger partial charge on any atom is -0.464 e. The number of carbonyl (C=O) groups is 1. The molecule has 23 heavy (non-hydrogen) atoms. The zero-order chi connectivity index (χ0) is 16.4. The number of hydrogen-bond acceptors (Lipinski definition) is 5. The smallest absolute Gasteiger partial charge is 0.252 e. The molecule has 0 spiro atoms. The van der Waals surface area contributed by atoms with Crippen molar-refractivity contribution < 1.29 is 13.6 Å². The third kappa shape index (κ3) is 3.15. The van der Waals surface area contributed by atoms with Gasteiger partial charge in [0.2, 0.25) is 11.8 Å². The first-order chi connectivity index (χ1) is 11.0. The van der Waals surface area contributed by atoms with Crippen LogP contribution in [0.2, 0.25) is 0 Å². The molecule has 0 radical (unpaired) electrons. The fraction of sp³-hybridized carbons (Fsp3) is 0.235. The lowest BCUT2D eigenvalue weighted by Gasteiger charge is -2.13. The predicted molar refractivity (Wildman–Crippen MR) is 83.8 cm³/mol. The van der Waals surface area contributed by atoms with Crippen molar-refractivity contribution in [3.8, 4) is 11.5 Å². The molecular weight excluding hydrogens is 294 g/mol. The Labute approximate surface area is 133 Å². The first kappa shape index (κ1) is 15.0. The normalized spacial score (nSPS) is 12.1. The summed E-state index contributed by atoms with van der Waals surface area (Å²) in [5.74, 6) is 2.08. The Morgan fingerprint density at radius 1 is 1.09 bits per heavy atom. The van der Waals surface area contributed by atoms with Crippen molar-refractivity contribution in [2.45, 2.75) is 26.8 Å². The standard InChI is InChI=1S/C17H17N3O3/c1-10-8-9-15(22-10)11(2)18-16(21)13-6-4-5-7-14(13)17-20-19-12(3)23-17/h4-9,11H,1-3H3,(H,18,21). The molecule has 0 aliphatic heterocycles. The van der Waals surface area contributed by atoms with Gasteiger partial charge in [0.25, 0.3) is 5.91 Å². The highest BCUT2D eigenvalue weighted by Crippen LogP contribution is 2.23. The van der Waals surface area contributed by atoms with Crippen LogP contribution in [0.1, 0.15) is 40.7 Å². The van der Waals surface area contributed by atoms with Gasteiger partial charge in [0, 0.05) is 6.92 Å². The fourth-order valence-electron chi connectivity index (χ4n) is 2.30. The second kappa shape index (κ2) is 6.08. The molecule has 1 atom stereocenters. The molecule has 0 aliphatic rings. The number of aromatic nitrogens is 2. The minimum atomic E-state index is -0.242. The number of benzene rings is 1. The zero-order valence-electron chi connectivity index (χ0n) is 13.2. The van der Waals surface area contributed by atoms with Crippen molar-refractivity contribution in [3.05, 3.63) is 59.4 Å². The quantitative estimate of drug-likeness (QED) is 0.798. The fourth-order valence-corrected chi connectivity index (χ4v) is 2.30. The van der Waals surface area contributed by atoms with Gasteiger partial charge in [-0.25, -0.2) is 0 Å². The van der Waals surface area contributed by atoms with Gasteiger partial charge in [-0.15, -0.1) is 10.2 Å². The summed E-state index contributed by atoms with van der Waals surface area (Å²) < 4.78 is 11.0. The number of aryl methyl sites for hydroxylation is 2. The minimum absolute atomic E-state index is 0.224. The molecule has 1 aromatic carbocycles. The van der Waals surface area contributed by atoms with Gasteiger partial charge in [-0.05, 0) is 38.1 Å². The number of carbonyl (C=O) groups excluding carboxylic acids is 1. The summed E-state index contributed by atoms with van der Waals surface area (Å²) in [5, 5.41) is 10.7. The summed E-state index contributed by atoms with van der Waals surface area (Å²) in [5.41, 5.74) is 1.08. The molecule has 6 heteroatoms. The van der Waals surface area contributed by atoms with Gasteiger partial charge in [0.05, 0.1) is 17.2 Å². The van der Waals surface area contributed by atoms with E-state index in [1.165, 1.54) is 0 Å². The molecule has 3 rings (SSSR count). The average molecular weight is 311 g/mol. The van der Waals surface area contributed by atoms with Crippen LogP contribution in [0.4, 0.5) is 0 Å². The Bertz CT molecular complexity index is 835. The highest BCUT2D eigenvalue weighted by molar-refractivity contribution is 6.00. The molecule has 118 valence electrons. The van der Waals surface area contributed by atoms with Gasteiger partial charge < -0.3 is 14.2 Å². The van der Waals surface area contributed by atoms with Gasteiger partial charge in [-0.3, -0.25) is 4.79 Å². The lowest BCUT2D eigenvalue weighted by Crippen LogP contribution is -2.26. The van der Waals surface area contributed by atoms with E-state index < -0.39 is 0 Å². The highest BCUT2D eigenvalue weighted by atomic mass is 16.4. The molecule has 1 unspecified atom stereocenters. The van der Waals surface area contributed by atoms with Crippen LogP contribution in [0.25, 0.3) is 11.5 Å². The summed E-state index contributed by atoms with van der Waals surface area (Å²) in [4.78, 5) is 12.6. The van der Waals surface area contributed by atoms with Crippen molar-refractivity contribution in [2.75, 3.05) is 0 Å². The average Bonchev–Trinajstić information content (AvgIpc) is 3.16. The molecule has 0 saturated heterocycles. The monoisotopic (exact) mass is 311 g/mol. The summed E-state index contributed by atoms with van der Waals surface area (Å²) in [6, 6.07) is 10.6. The molecule has 6 nitrogen and oxygen atoms in total. The van der Waals surface area contributed by atoms with Gasteiger partial charge in [0.15, 0.2) is 0 Å². The summed E-state index contributed by atoms with van der Waals surface area (Å²) in [6.07, 6.45) is 0. The first-order valence-corrected chi connectivity index (χ1v) is 7.31. The second-order valence-electron chi connectivity index (χ2n) is 5.32. The Kier molecular flexibility index (Phi) is 3.97. The molecule has 1 N–H and O–H groups in total. The van der Waals surface area contributed by atoms with Gasteiger partial charge >= 0.3 is 0 Å². The Hall–Kier alpha value is -2.89. The van der Waals surface area contributed by atoms with Gasteiger partial charge in [-0.2, -0.15) is 0 Å². The van der Waals surface area contributed by atoms with Crippen molar-refractivity contribution >= 4 is 5.91 Å². The summed E-state index contributed by atoms with van der Waals surface area (Å²) >= 11 is 0. The molecule has 2 heterocycles. The van der Waals surface area contributed by atoms with E-state index in [-0.39, 0.29) is 11.9 Å². The van der Waals surface area contributed by atoms with Crippen molar-refractivity contribution in [3.63, 3.8) is 0 Å². The van der Waals surface area contributed by atoms with Crippen LogP contribution in [0, 0.1) is 13.8 Å². The summed E-state index contributed by atoms with van der Waals surface area (Å²) in [6.45, 7) is 5.45. The second-order valence-corrected chi connectivity index (χ2v) is 5.32. The van der Waals surface area contributed by atoms with Crippen LogP contribution in [0.5, 0.6) is 0 Å². The SMILES string of the molecule is Cc1ccc(C(C)NC(=O)c2ccccc2-c2nnc(C)o2)o1. The molecule has 1 amide bonds. The zero-order valence-corrected chi connectivity index (χ0v) is 13.2. The van der Waals surface area contributed by atoms with E-state index in [1.54, 1.807) is 25.1 Å². The number of nitrogens with one attached hydrogen (secondary N) is 1. The number of nitrogens with zero attached hydrogens (tertiary/aromatic N) is 2. The molecule has 0 fully saturated rings. The van der Waals surface area contributed by atoms with E-state index in [2.05, 4.69) is 15.5 Å². The number of rotatable bonds is 4. The lowest BCUT2D eigenvalue weighted by atomic mass is 10.1. The van der Waals surface area contributed by atoms with Crippen molar-refractivity contribution in [2.24, 2.45) is 0 Å². The topological polar surface area (TPSA) is 81.2 Å². The highest BCUT2D eigenvalue weighted by Gasteiger charge is 2.19. The Balaban J connectivity index is 1.85. The molecule has 0 aliphatic carbocycles. The number of amides is 1. The molecular formula is C17H17N3O3. The van der Waals surface area contributed by atoms with E-state index in [9.17, 15) is 4.79 Å². The first-order valence-electron chi connectivity index (χ1n) is 7.31. The largest absolute Gasteiger partial charge is 0.464 e. The van der Waals surface area contributed by atoms with Gasteiger partial charge in [-0.1, -0.05) is 12.1 Å². The van der Waals surface area contributed by atoms with Crippen LogP contribution in [-0.2, 0) is 0 Å². The van der Waals surface area contributed by atoms with E-state index in [1.807, 2.05) is 32.0 Å². The predicted octanol–water partition coefficient (Wildman–Crippen LogP) is 3.44. The van der Waals surface area contributed by atoms with Crippen LogP contribution >= 0.6 is 0 Å².